The summed E-state index contributed by atoms with van der Waals surface area (Å²) in [5.74, 6) is 1.66. The van der Waals surface area contributed by atoms with Crippen LogP contribution in [-0.2, 0) is 0 Å². The van der Waals surface area contributed by atoms with Gasteiger partial charge in [-0.3, -0.25) is 4.57 Å². The van der Waals surface area contributed by atoms with E-state index in [1.54, 1.807) is 11.3 Å². The number of nitrogens with zero attached hydrogens (tertiary/aromatic N) is 5. The first-order valence-corrected chi connectivity index (χ1v) is 23.0. The van der Waals surface area contributed by atoms with Crippen LogP contribution in [0.3, 0.4) is 0 Å². The van der Waals surface area contributed by atoms with Gasteiger partial charge in [0.15, 0.2) is 11.6 Å². The van der Waals surface area contributed by atoms with Crippen molar-refractivity contribution in [3.8, 4) is 34.4 Å². The molecule has 0 aliphatic carbocycles. The Kier molecular flexibility index (Phi) is 7.28. The predicted molar refractivity (Wildman–Crippen MR) is 275 cm³/mol. The van der Waals surface area contributed by atoms with E-state index in [-0.39, 0.29) is 0 Å². The number of para-hydroxylation sites is 3. The maximum absolute atomic E-state index is 6.91. The van der Waals surface area contributed by atoms with Crippen molar-refractivity contribution in [2.45, 2.75) is 0 Å². The van der Waals surface area contributed by atoms with E-state index in [1.165, 1.54) is 47.8 Å². The molecule has 0 aliphatic heterocycles. The van der Waals surface area contributed by atoms with Crippen LogP contribution in [0.25, 0.3) is 142 Å². The van der Waals surface area contributed by atoms with Crippen molar-refractivity contribution in [3.05, 3.63) is 200 Å². The highest BCUT2D eigenvalue weighted by atomic mass is 32.1. The molecule has 5 aromatic heterocycles. The minimum atomic E-state index is 0.526. The van der Waals surface area contributed by atoms with Crippen molar-refractivity contribution in [1.29, 1.82) is 0 Å². The lowest BCUT2D eigenvalue weighted by molar-refractivity contribution is 0.669. The van der Waals surface area contributed by atoms with Crippen molar-refractivity contribution >= 4 is 119 Å². The summed E-state index contributed by atoms with van der Waals surface area (Å²) in [4.78, 5) is 16.5. The molecular weight excluding hydrogens is 827 g/mol. The van der Waals surface area contributed by atoms with Gasteiger partial charge in [0.25, 0.3) is 0 Å². The van der Waals surface area contributed by atoms with Crippen LogP contribution in [0.4, 0.5) is 0 Å². The van der Waals surface area contributed by atoms with E-state index in [9.17, 15) is 0 Å². The molecule has 6 nitrogen and oxygen atoms in total. The Morgan fingerprint density at radius 3 is 1.59 bits per heavy atom. The number of fused-ring (bicyclic) bond motifs is 14. The molecule has 0 saturated heterocycles. The molecule has 10 aromatic carbocycles. The summed E-state index contributed by atoms with van der Waals surface area (Å²) in [5, 5.41) is 13.9. The lowest BCUT2D eigenvalue weighted by atomic mass is 10.0. The van der Waals surface area contributed by atoms with Crippen molar-refractivity contribution in [2.24, 2.45) is 0 Å². The normalized spacial score (nSPS) is 12.2. The van der Waals surface area contributed by atoms with Gasteiger partial charge in [0, 0.05) is 63.7 Å². The molecule has 5 heterocycles. The monoisotopic (exact) mass is 859 g/mol. The van der Waals surface area contributed by atoms with Crippen LogP contribution in [0.1, 0.15) is 0 Å². The second-order valence-corrected chi connectivity index (χ2v) is 18.2. The Hall–Kier alpha value is -8.65. The number of furan rings is 1. The van der Waals surface area contributed by atoms with Gasteiger partial charge in [-0.1, -0.05) is 133 Å². The van der Waals surface area contributed by atoms with Crippen LogP contribution in [0, 0.1) is 0 Å². The zero-order valence-electron chi connectivity index (χ0n) is 35.1. The Morgan fingerprint density at radius 2 is 0.909 bits per heavy atom. The first-order chi connectivity index (χ1) is 32.7. The molecule has 0 radical (unpaired) electrons. The molecule has 7 heteroatoms. The van der Waals surface area contributed by atoms with Gasteiger partial charge in [0.1, 0.15) is 11.2 Å². The van der Waals surface area contributed by atoms with E-state index in [1.807, 2.05) is 12.1 Å². The predicted octanol–water partition coefficient (Wildman–Crippen LogP) is 16.0. The second kappa shape index (κ2) is 13.4. The molecule has 66 heavy (non-hydrogen) atoms. The molecule has 0 unspecified atom stereocenters. The molecule has 0 N–H and O–H groups in total. The van der Waals surface area contributed by atoms with Gasteiger partial charge in [-0.2, -0.15) is 9.97 Å². The van der Waals surface area contributed by atoms with E-state index >= 15 is 0 Å². The molecule has 0 aliphatic rings. The summed E-state index contributed by atoms with van der Waals surface area (Å²) in [6.07, 6.45) is 0. The minimum absolute atomic E-state index is 0.526. The summed E-state index contributed by atoms with van der Waals surface area (Å²) >= 11 is 1.77. The van der Waals surface area contributed by atoms with Crippen LogP contribution < -0.4 is 0 Å². The SMILES string of the molecule is c1ccc2cc3c(cc2c1)c1cc2ccccc2cc1n3-c1cc(-c2nc(-c3cccc4c3sc3ccccc34)nc(-n3c4ccccc4c4ccccc43)n2)c2oc3ccccc3c2c1. The minimum Gasteiger partial charge on any atom is -0.455 e. The van der Waals surface area contributed by atoms with E-state index in [4.69, 9.17) is 19.4 Å². The Bertz CT molecular complexity index is 4400. The first-order valence-electron chi connectivity index (χ1n) is 22.2. The molecule has 0 spiro atoms. The molecule has 0 fully saturated rings. The van der Waals surface area contributed by atoms with Gasteiger partial charge in [0.05, 0.1) is 27.6 Å². The molecule has 15 rings (SSSR count). The van der Waals surface area contributed by atoms with E-state index in [0.717, 1.165) is 76.3 Å². The summed E-state index contributed by atoms with van der Waals surface area (Å²) in [6, 6.07) is 71.5. The van der Waals surface area contributed by atoms with Crippen LogP contribution >= 0.6 is 11.3 Å². The number of thiophene rings is 1. The van der Waals surface area contributed by atoms with E-state index < -0.39 is 0 Å². The zero-order chi connectivity index (χ0) is 43.0. The molecule has 15 aromatic rings. The van der Waals surface area contributed by atoms with E-state index in [2.05, 4.69) is 197 Å². The van der Waals surface area contributed by atoms with Gasteiger partial charge < -0.3 is 8.98 Å². The Balaban J connectivity index is 1.08. The highest BCUT2D eigenvalue weighted by Crippen LogP contribution is 2.44. The molecule has 306 valence electrons. The largest absolute Gasteiger partial charge is 0.455 e. The van der Waals surface area contributed by atoms with E-state index in [0.29, 0.717) is 17.6 Å². The van der Waals surface area contributed by atoms with Gasteiger partial charge in [0.2, 0.25) is 5.95 Å². The van der Waals surface area contributed by atoms with Gasteiger partial charge in [-0.25, -0.2) is 4.98 Å². The lowest BCUT2D eigenvalue weighted by Gasteiger charge is -2.14. The Labute approximate surface area is 379 Å². The third kappa shape index (κ3) is 5.08. The summed E-state index contributed by atoms with van der Waals surface area (Å²) in [5.41, 5.74) is 8.54. The number of hydrogen-bond acceptors (Lipinski definition) is 5. The summed E-state index contributed by atoms with van der Waals surface area (Å²) in [7, 11) is 0. The van der Waals surface area contributed by atoms with Gasteiger partial charge in [-0.15, -0.1) is 11.3 Å². The molecule has 0 amide bonds. The van der Waals surface area contributed by atoms with Crippen molar-refractivity contribution in [1.82, 2.24) is 24.1 Å². The van der Waals surface area contributed by atoms with Crippen LogP contribution in [0.5, 0.6) is 0 Å². The quantitative estimate of drug-likeness (QED) is 0.177. The highest BCUT2D eigenvalue weighted by Gasteiger charge is 2.24. The fraction of sp³-hybridized carbons (Fsp3) is 0. The second-order valence-electron chi connectivity index (χ2n) is 17.2. The van der Waals surface area contributed by atoms with Crippen molar-refractivity contribution < 1.29 is 4.42 Å². The number of benzene rings is 10. The third-order valence-corrected chi connectivity index (χ3v) is 14.7. The standard InChI is InChI=1S/C59H33N5OS/c1-3-16-36-30-51-45(28-34(36)14-1)46-29-35-15-2-4-17-37(35)31-52(46)63(51)38-32-47-41-20-7-11-26-53(41)65-55(47)48(33-38)58-60-57(44-23-13-22-43-42-21-8-12-27-54(42)66-56(43)44)61-59(62-58)64-49-24-9-5-18-39(49)40-19-6-10-25-50(40)64/h1-33H. The maximum Gasteiger partial charge on any atom is 0.238 e. The van der Waals surface area contributed by atoms with Gasteiger partial charge >= 0.3 is 0 Å². The first kappa shape index (κ1) is 35.8. The third-order valence-electron chi connectivity index (χ3n) is 13.5. The van der Waals surface area contributed by atoms with Gasteiger partial charge in [-0.05, 0) is 88.3 Å². The highest BCUT2D eigenvalue weighted by molar-refractivity contribution is 7.26. The molecule has 0 atom stereocenters. The van der Waals surface area contributed by atoms with Crippen LogP contribution in [0.15, 0.2) is 205 Å². The van der Waals surface area contributed by atoms with Crippen molar-refractivity contribution in [2.75, 3.05) is 0 Å². The van der Waals surface area contributed by atoms with Crippen LogP contribution in [-0.4, -0.2) is 24.1 Å². The molecule has 0 saturated carbocycles. The zero-order valence-corrected chi connectivity index (χ0v) is 35.9. The fourth-order valence-electron chi connectivity index (χ4n) is 10.5. The lowest BCUT2D eigenvalue weighted by Crippen LogP contribution is -2.07. The van der Waals surface area contributed by atoms with Crippen LogP contribution in [0.2, 0.25) is 0 Å². The smallest absolute Gasteiger partial charge is 0.238 e. The Morgan fingerprint density at radius 1 is 0.364 bits per heavy atom. The summed E-state index contributed by atoms with van der Waals surface area (Å²) in [6.45, 7) is 0. The average Bonchev–Trinajstić information content (AvgIpc) is 4.12. The molecule has 0 bridgehead atoms. The maximum atomic E-state index is 6.91. The number of rotatable bonds is 4. The molecular formula is C59H33N5OS. The van der Waals surface area contributed by atoms with Crippen molar-refractivity contribution in [3.63, 3.8) is 0 Å². The topological polar surface area (TPSA) is 61.7 Å². The average molecular weight is 860 g/mol. The number of hydrogen-bond donors (Lipinski definition) is 0. The fourth-order valence-corrected chi connectivity index (χ4v) is 11.8. The number of aromatic nitrogens is 5. The summed E-state index contributed by atoms with van der Waals surface area (Å²) < 4.78 is 13.9.